The summed E-state index contributed by atoms with van der Waals surface area (Å²) in [7, 11) is -1.60. The van der Waals surface area contributed by atoms with Gasteiger partial charge in [-0.1, -0.05) is 30.3 Å². The molecule has 1 amide bonds. The number of ether oxygens (including phenoxy) is 3. The highest BCUT2D eigenvalue weighted by Crippen LogP contribution is 2.57. The van der Waals surface area contributed by atoms with Crippen LogP contribution in [0.15, 0.2) is 83.9 Å². The zero-order valence-corrected chi connectivity index (χ0v) is 23.7. The largest absolute Gasteiger partial charge is 0.490 e. The number of aliphatic hydroxyl groups is 1. The van der Waals surface area contributed by atoms with E-state index in [1.807, 2.05) is 30.3 Å². The summed E-state index contributed by atoms with van der Waals surface area (Å²) in [5.74, 6) is -0.501. The van der Waals surface area contributed by atoms with Crippen LogP contribution in [0.5, 0.6) is 23.0 Å². The Morgan fingerprint density at radius 3 is 2.51 bits per heavy atom. The summed E-state index contributed by atoms with van der Waals surface area (Å²) < 4.78 is 43.2. The molecule has 1 aliphatic rings. The van der Waals surface area contributed by atoms with Gasteiger partial charge in [0.05, 0.1) is 6.54 Å². The first-order chi connectivity index (χ1) is 19.5. The van der Waals surface area contributed by atoms with Crippen molar-refractivity contribution in [3.63, 3.8) is 0 Å². The molecule has 11 nitrogen and oxygen atoms in total. The van der Waals surface area contributed by atoms with Crippen molar-refractivity contribution in [2.75, 3.05) is 18.5 Å². The quantitative estimate of drug-likeness (QED) is 0.199. The Bertz CT molecular complexity index is 1540. The van der Waals surface area contributed by atoms with E-state index in [9.17, 15) is 19.0 Å². The zero-order chi connectivity index (χ0) is 29.2. The Morgan fingerprint density at radius 1 is 1.05 bits per heavy atom. The molecule has 0 bridgehead atoms. The number of rotatable bonds is 8. The maximum absolute atomic E-state index is 13.0. The highest BCUT2D eigenvalue weighted by atomic mass is 32.3. The molecule has 0 saturated carbocycles. The molecule has 3 aromatic carbocycles. The van der Waals surface area contributed by atoms with Gasteiger partial charge < -0.3 is 24.6 Å². The molecule has 5 rings (SSSR count). The lowest BCUT2D eigenvalue weighted by Crippen LogP contribution is -2.29. The van der Waals surface area contributed by atoms with E-state index in [4.69, 9.17) is 14.2 Å². The van der Waals surface area contributed by atoms with Gasteiger partial charge in [0, 0.05) is 57.4 Å². The highest BCUT2D eigenvalue weighted by Gasteiger charge is 2.32. The number of nitrogens with zero attached hydrogens (tertiary/aromatic N) is 3. The van der Waals surface area contributed by atoms with Gasteiger partial charge in [-0.15, -0.1) is 10.8 Å². The molecule has 0 saturated heterocycles. The van der Waals surface area contributed by atoms with Crippen LogP contribution in [-0.4, -0.2) is 53.1 Å². The summed E-state index contributed by atoms with van der Waals surface area (Å²) in [6.07, 6.45) is 1.70. The first-order valence-electron chi connectivity index (χ1n) is 12.9. The minimum atomic E-state index is -3.34. The number of hydrogen-bond acceptors (Lipinski definition) is 9. The van der Waals surface area contributed by atoms with Crippen LogP contribution >= 0.6 is 10.8 Å². The van der Waals surface area contributed by atoms with Crippen molar-refractivity contribution in [2.45, 2.75) is 31.1 Å². The van der Waals surface area contributed by atoms with Crippen molar-refractivity contribution in [1.82, 2.24) is 14.1 Å². The molecule has 0 aliphatic carbocycles. The van der Waals surface area contributed by atoms with Gasteiger partial charge in [-0.2, -0.15) is 9.40 Å². The van der Waals surface area contributed by atoms with E-state index in [1.54, 1.807) is 46.5 Å². The molecule has 0 unspecified atom stereocenters. The van der Waals surface area contributed by atoms with E-state index < -0.39 is 22.5 Å². The molecule has 0 atom stereocenters. The highest BCUT2D eigenvalue weighted by molar-refractivity contribution is 8.22. The molecular weight excluding hydrogens is 548 g/mol. The average molecular weight is 581 g/mol. The second kappa shape index (κ2) is 11.4. The van der Waals surface area contributed by atoms with Crippen molar-refractivity contribution < 1.29 is 33.2 Å². The van der Waals surface area contributed by atoms with Crippen molar-refractivity contribution in [2.24, 2.45) is 7.05 Å². The molecule has 1 aromatic heterocycles. The van der Waals surface area contributed by atoms with Gasteiger partial charge in [0.15, 0.2) is 5.82 Å². The number of fused-ring (bicyclic) bond motifs is 1. The molecule has 12 heteroatoms. The lowest BCUT2D eigenvalue weighted by atomic mass is 10.1. The SMILES string of the molecule is Cn1ccc(NC(=O)c2cc(Oc3ccc4c(c3)OCCN(Cc3ccccc3)S4(O)O)cc(OC(C)(C)O)c2)n1. The molecule has 4 N–H and O–H groups in total. The Kier molecular flexibility index (Phi) is 7.93. The first kappa shape index (κ1) is 28.5. The van der Waals surface area contributed by atoms with Crippen LogP contribution in [0.3, 0.4) is 0 Å². The van der Waals surface area contributed by atoms with Crippen LogP contribution in [-0.2, 0) is 13.6 Å². The van der Waals surface area contributed by atoms with Crippen molar-refractivity contribution in [3.05, 3.63) is 90.1 Å². The Hall–Kier alpha value is -4.07. The Labute approximate surface area is 239 Å². The molecule has 0 fully saturated rings. The molecule has 4 aromatic rings. The third-order valence-corrected chi connectivity index (χ3v) is 8.03. The summed E-state index contributed by atoms with van der Waals surface area (Å²) in [6, 6.07) is 20.5. The summed E-state index contributed by atoms with van der Waals surface area (Å²) in [5, 5.41) is 17.1. The summed E-state index contributed by atoms with van der Waals surface area (Å²) >= 11 is 0. The van der Waals surface area contributed by atoms with Crippen molar-refractivity contribution in [3.8, 4) is 23.0 Å². The fraction of sp³-hybridized carbons (Fsp3) is 0.241. The summed E-state index contributed by atoms with van der Waals surface area (Å²) in [6.45, 7) is 3.84. The van der Waals surface area contributed by atoms with Gasteiger partial charge in [0.2, 0.25) is 5.79 Å². The van der Waals surface area contributed by atoms with E-state index in [-0.39, 0.29) is 34.3 Å². The van der Waals surface area contributed by atoms with Gasteiger partial charge in [-0.3, -0.25) is 18.6 Å². The number of hydrogen-bond donors (Lipinski definition) is 4. The number of anilines is 1. The minimum absolute atomic E-state index is 0.206. The maximum Gasteiger partial charge on any atom is 0.257 e. The molecule has 1 aliphatic heterocycles. The summed E-state index contributed by atoms with van der Waals surface area (Å²) in [5.41, 5.74) is 1.16. The maximum atomic E-state index is 13.0. The number of aryl methyl sites for hydroxylation is 1. The summed E-state index contributed by atoms with van der Waals surface area (Å²) in [4.78, 5) is 13.3. The van der Waals surface area contributed by atoms with E-state index in [1.165, 1.54) is 32.0 Å². The van der Waals surface area contributed by atoms with Crippen LogP contribution in [0.4, 0.5) is 5.82 Å². The fourth-order valence-corrected chi connectivity index (χ4v) is 5.86. The van der Waals surface area contributed by atoms with E-state index in [0.29, 0.717) is 24.7 Å². The number of amides is 1. The third kappa shape index (κ3) is 6.99. The number of aromatic nitrogens is 2. The molecule has 2 heterocycles. The van der Waals surface area contributed by atoms with Crippen LogP contribution in [0.2, 0.25) is 0 Å². The standard InChI is InChI=1S/C29H32N4O7S/c1-29(2,35)40-24-16-21(28(34)30-27-11-12-32(3)31-27)15-23(17-24)39-22-9-10-26-25(18-22)38-14-13-33(41(26,36)37)19-20-7-5-4-6-8-20/h4-12,15-18,35-37H,13-14,19H2,1-3H3,(H,30,31,34). The van der Waals surface area contributed by atoms with Crippen LogP contribution in [0.25, 0.3) is 0 Å². The fourth-order valence-electron chi connectivity index (χ4n) is 4.29. The lowest BCUT2D eigenvalue weighted by molar-refractivity contribution is -0.104. The predicted octanol–water partition coefficient (Wildman–Crippen LogP) is 5.49. The lowest BCUT2D eigenvalue weighted by Gasteiger charge is -2.41. The molecule has 41 heavy (non-hydrogen) atoms. The van der Waals surface area contributed by atoms with Gasteiger partial charge in [-0.25, -0.2) is 0 Å². The topological polar surface area (TPSA) is 139 Å². The average Bonchev–Trinajstić information content (AvgIpc) is 3.26. The van der Waals surface area contributed by atoms with Gasteiger partial charge in [0.25, 0.3) is 5.91 Å². The second-order valence-electron chi connectivity index (χ2n) is 10.00. The smallest absolute Gasteiger partial charge is 0.257 e. The Balaban J connectivity index is 1.41. The normalized spacial score (nSPS) is 15.7. The third-order valence-electron chi connectivity index (χ3n) is 6.07. The predicted molar refractivity (Wildman–Crippen MR) is 155 cm³/mol. The van der Waals surface area contributed by atoms with Crippen LogP contribution < -0.4 is 19.5 Å². The monoisotopic (exact) mass is 580 g/mol. The first-order valence-corrected chi connectivity index (χ1v) is 14.4. The molecule has 0 radical (unpaired) electrons. The number of carbonyl (C=O) groups excluding carboxylic acids is 1. The van der Waals surface area contributed by atoms with Crippen LogP contribution in [0, 0.1) is 0 Å². The molecular formula is C29H32N4O7S. The van der Waals surface area contributed by atoms with E-state index in [2.05, 4.69) is 10.4 Å². The molecule has 0 spiro atoms. The van der Waals surface area contributed by atoms with Crippen molar-refractivity contribution >= 4 is 22.5 Å². The van der Waals surface area contributed by atoms with Gasteiger partial charge >= 0.3 is 0 Å². The van der Waals surface area contributed by atoms with E-state index in [0.717, 1.165) is 5.56 Å². The Morgan fingerprint density at radius 2 is 1.80 bits per heavy atom. The minimum Gasteiger partial charge on any atom is -0.490 e. The van der Waals surface area contributed by atoms with Crippen LogP contribution in [0.1, 0.15) is 29.8 Å². The number of nitrogens with one attached hydrogen (secondary N) is 1. The number of carbonyl (C=O) groups is 1. The number of benzene rings is 3. The van der Waals surface area contributed by atoms with Gasteiger partial charge in [0.1, 0.15) is 34.5 Å². The second-order valence-corrected chi connectivity index (χ2v) is 12.0. The van der Waals surface area contributed by atoms with Crippen molar-refractivity contribution in [1.29, 1.82) is 0 Å². The molecule has 216 valence electrons. The van der Waals surface area contributed by atoms with E-state index >= 15 is 0 Å². The van der Waals surface area contributed by atoms with Gasteiger partial charge in [-0.05, 0) is 29.8 Å². The zero-order valence-electron chi connectivity index (χ0n) is 22.9.